The van der Waals surface area contributed by atoms with Crippen molar-refractivity contribution in [1.82, 2.24) is 39.3 Å². The first kappa shape index (κ1) is 27.5. The van der Waals surface area contributed by atoms with E-state index in [1.165, 1.54) is 16.8 Å². The van der Waals surface area contributed by atoms with Gasteiger partial charge in [-0.3, -0.25) is 9.69 Å². The van der Waals surface area contributed by atoms with Gasteiger partial charge in [0.1, 0.15) is 11.6 Å². The van der Waals surface area contributed by atoms with Crippen molar-refractivity contribution in [2.75, 3.05) is 56.5 Å². The van der Waals surface area contributed by atoms with Gasteiger partial charge in [-0.25, -0.2) is 18.7 Å². The number of nitrogen functional groups attached to an aromatic ring is 1. The van der Waals surface area contributed by atoms with E-state index in [0.29, 0.717) is 73.7 Å². The Morgan fingerprint density at radius 2 is 1.93 bits per heavy atom. The summed E-state index contributed by atoms with van der Waals surface area (Å²) in [5.41, 5.74) is 7.55. The molecule has 220 valence electrons. The van der Waals surface area contributed by atoms with Crippen LogP contribution in [-0.4, -0.2) is 102 Å². The largest absolute Gasteiger partial charge is 0.461 e. The number of aliphatic hydroxyl groups excluding tert-OH is 2. The number of amides is 1. The number of hydrogen-bond donors (Lipinski definition) is 4. The molecule has 1 fully saturated rings. The quantitative estimate of drug-likeness (QED) is 0.190. The van der Waals surface area contributed by atoms with E-state index in [9.17, 15) is 18.7 Å². The molecular weight excluding hydrogens is 554 g/mol. The maximum absolute atomic E-state index is 14.7. The lowest BCUT2D eigenvalue weighted by atomic mass is 10.1. The lowest BCUT2D eigenvalue weighted by Crippen LogP contribution is -2.47. The van der Waals surface area contributed by atoms with Crippen LogP contribution in [0.3, 0.4) is 0 Å². The highest BCUT2D eigenvalue weighted by Crippen LogP contribution is 2.26. The van der Waals surface area contributed by atoms with Crippen LogP contribution in [-0.2, 0) is 6.54 Å². The molecule has 42 heavy (non-hydrogen) atoms. The average molecular weight is 583 g/mol. The zero-order chi connectivity index (χ0) is 29.4. The molecule has 1 aromatic carbocycles. The molecule has 1 aliphatic rings. The molecular formula is C26H28F2N10O4. The van der Waals surface area contributed by atoms with E-state index in [1.54, 1.807) is 23.4 Å². The Morgan fingerprint density at radius 1 is 1.12 bits per heavy atom. The Bertz CT molecular complexity index is 1730. The van der Waals surface area contributed by atoms with Gasteiger partial charge < -0.3 is 35.1 Å². The number of rotatable bonds is 9. The molecule has 1 amide bonds. The van der Waals surface area contributed by atoms with Crippen LogP contribution in [0.4, 0.5) is 20.4 Å². The lowest BCUT2D eigenvalue weighted by molar-refractivity contribution is 0.0799. The number of hydrogen-bond acceptors (Lipinski definition) is 11. The maximum atomic E-state index is 14.7. The third-order valence-electron chi connectivity index (χ3n) is 7.17. The molecule has 1 saturated heterocycles. The van der Waals surface area contributed by atoms with Crippen molar-refractivity contribution < 1.29 is 28.2 Å². The van der Waals surface area contributed by atoms with Gasteiger partial charge in [0, 0.05) is 51.9 Å². The Kier molecular flexibility index (Phi) is 7.40. The van der Waals surface area contributed by atoms with Crippen molar-refractivity contribution >= 4 is 34.4 Å². The fourth-order valence-electron chi connectivity index (χ4n) is 4.89. The van der Waals surface area contributed by atoms with Gasteiger partial charge in [0.05, 0.1) is 36.6 Å². The van der Waals surface area contributed by atoms with Crippen molar-refractivity contribution in [1.29, 1.82) is 0 Å². The molecule has 1 aliphatic heterocycles. The fraction of sp³-hybridized carbons (Fsp3) is 0.346. The number of halogens is 2. The minimum atomic E-state index is -1.18. The second-order valence-electron chi connectivity index (χ2n) is 9.89. The van der Waals surface area contributed by atoms with Crippen LogP contribution in [0.5, 0.6) is 0 Å². The number of anilines is 2. The molecule has 5 aromatic rings. The zero-order valence-corrected chi connectivity index (χ0v) is 22.3. The van der Waals surface area contributed by atoms with Crippen LogP contribution in [0, 0.1) is 11.6 Å². The van der Waals surface area contributed by atoms with E-state index < -0.39 is 30.3 Å². The van der Waals surface area contributed by atoms with Crippen LogP contribution in [0.2, 0.25) is 0 Å². The van der Waals surface area contributed by atoms with Crippen LogP contribution < -0.4 is 16.0 Å². The Balaban J connectivity index is 1.11. The molecule has 0 aliphatic carbocycles. The van der Waals surface area contributed by atoms with Gasteiger partial charge in [0.25, 0.3) is 5.91 Å². The number of nitrogens with zero attached hydrogens (tertiary/aromatic N) is 8. The molecule has 16 heteroatoms. The molecule has 5 heterocycles. The molecule has 0 unspecified atom stereocenters. The Labute approximate surface area is 237 Å². The molecule has 0 radical (unpaired) electrons. The van der Waals surface area contributed by atoms with Gasteiger partial charge in [-0.1, -0.05) is 0 Å². The summed E-state index contributed by atoms with van der Waals surface area (Å²) in [5.74, 6) is -1.54. The van der Waals surface area contributed by atoms with E-state index >= 15 is 0 Å². The number of fused-ring (bicyclic) bond motifs is 3. The molecule has 1 atom stereocenters. The van der Waals surface area contributed by atoms with Crippen LogP contribution >= 0.6 is 0 Å². The van der Waals surface area contributed by atoms with Gasteiger partial charge in [0.2, 0.25) is 11.8 Å². The minimum absolute atomic E-state index is 0.121. The highest BCUT2D eigenvalue weighted by molar-refractivity contribution is 5.95. The van der Waals surface area contributed by atoms with Gasteiger partial charge in [-0.15, -0.1) is 5.10 Å². The second-order valence-corrected chi connectivity index (χ2v) is 9.89. The number of piperazine rings is 1. The second kappa shape index (κ2) is 11.3. The third-order valence-corrected chi connectivity index (χ3v) is 7.17. The van der Waals surface area contributed by atoms with Gasteiger partial charge >= 0.3 is 0 Å². The number of nitrogens with two attached hydrogens (primary N) is 1. The van der Waals surface area contributed by atoms with Gasteiger partial charge in [-0.05, 0) is 18.2 Å². The number of carbonyl (C=O) groups excluding carboxylic acids is 1. The number of benzene rings is 1. The number of carbonyl (C=O) groups is 1. The normalized spacial score (nSPS) is 15.1. The minimum Gasteiger partial charge on any atom is -0.461 e. The van der Waals surface area contributed by atoms with Crippen molar-refractivity contribution in [3.05, 3.63) is 54.1 Å². The predicted octanol–water partition coefficient (Wildman–Crippen LogP) is 0.500. The molecule has 14 nitrogen and oxygen atoms in total. The van der Waals surface area contributed by atoms with Crippen molar-refractivity contribution in [2.45, 2.75) is 12.6 Å². The van der Waals surface area contributed by atoms with E-state index in [0.717, 1.165) is 0 Å². The summed E-state index contributed by atoms with van der Waals surface area (Å²) < 4.78 is 37.8. The van der Waals surface area contributed by atoms with Crippen LogP contribution in [0.1, 0.15) is 10.4 Å². The summed E-state index contributed by atoms with van der Waals surface area (Å²) in [5, 5.41) is 25.1. The van der Waals surface area contributed by atoms with Crippen LogP contribution in [0.25, 0.3) is 28.4 Å². The summed E-state index contributed by atoms with van der Waals surface area (Å²) in [4.78, 5) is 29.9. The number of imidazole rings is 1. The lowest BCUT2D eigenvalue weighted by Gasteiger charge is -2.36. The van der Waals surface area contributed by atoms with E-state index in [1.807, 2.05) is 4.57 Å². The summed E-state index contributed by atoms with van der Waals surface area (Å²) in [6.07, 6.45) is 2.03. The summed E-state index contributed by atoms with van der Waals surface area (Å²) in [6, 6.07) is 5.36. The molecule has 0 saturated carbocycles. The third kappa shape index (κ3) is 5.22. The first-order valence-corrected chi connectivity index (χ1v) is 13.3. The van der Waals surface area contributed by atoms with Crippen molar-refractivity contribution in [3.8, 4) is 11.6 Å². The number of aliphatic hydroxyl groups is 2. The summed E-state index contributed by atoms with van der Waals surface area (Å²) in [6.45, 7) is 2.52. The van der Waals surface area contributed by atoms with E-state index in [-0.39, 0.29) is 23.7 Å². The smallest absolute Gasteiger partial charge is 0.254 e. The zero-order valence-electron chi connectivity index (χ0n) is 22.3. The Hall–Kier alpha value is -4.67. The van der Waals surface area contributed by atoms with Crippen molar-refractivity contribution in [2.24, 2.45) is 0 Å². The SMILES string of the molecule is Nc1nc2c(ncn2CCN2CCN(c3cc(C(=O)NC[C@H](O)CO)c(F)cc3F)CC2)c2nc(-c3ccco3)nn12. The van der Waals surface area contributed by atoms with E-state index in [4.69, 9.17) is 15.3 Å². The molecule has 4 aromatic heterocycles. The first-order chi connectivity index (χ1) is 20.3. The van der Waals surface area contributed by atoms with E-state index in [2.05, 4.69) is 30.3 Å². The average Bonchev–Trinajstić information content (AvgIpc) is 3.75. The van der Waals surface area contributed by atoms with Gasteiger partial charge in [0.15, 0.2) is 22.6 Å². The van der Waals surface area contributed by atoms with Crippen molar-refractivity contribution in [3.63, 3.8) is 0 Å². The first-order valence-electron chi connectivity index (χ1n) is 13.3. The topological polar surface area (TPSA) is 176 Å². The number of aromatic nitrogens is 6. The molecule has 6 rings (SSSR count). The maximum Gasteiger partial charge on any atom is 0.254 e. The number of furan rings is 1. The molecule has 0 spiro atoms. The summed E-state index contributed by atoms with van der Waals surface area (Å²) >= 11 is 0. The highest BCUT2D eigenvalue weighted by atomic mass is 19.1. The summed E-state index contributed by atoms with van der Waals surface area (Å²) in [7, 11) is 0. The van der Waals surface area contributed by atoms with Crippen LogP contribution in [0.15, 0.2) is 41.3 Å². The monoisotopic (exact) mass is 582 g/mol. The molecule has 5 N–H and O–H groups in total. The molecule has 0 bridgehead atoms. The highest BCUT2D eigenvalue weighted by Gasteiger charge is 2.24. The standard InChI is InChI=1S/C26H28F2N10O4/c27-17-11-18(28)19(10-16(17)25(41)30-12-15(40)13-39)36-6-3-35(4-7-36)5-8-37-14-31-21-23(37)33-26(29)38-24(21)32-22(34-38)20-2-1-9-42-20/h1-2,9-11,14-15,39-40H,3-8,12-13H2,(H2,29,33)(H,30,41)/t15-/m0/s1. The predicted molar refractivity (Wildman–Crippen MR) is 147 cm³/mol. The Morgan fingerprint density at radius 3 is 2.67 bits per heavy atom. The fourth-order valence-corrected chi connectivity index (χ4v) is 4.89. The van der Waals surface area contributed by atoms with Gasteiger partial charge in [-0.2, -0.15) is 9.50 Å². The number of nitrogens with one attached hydrogen (secondary N) is 1.